The van der Waals surface area contributed by atoms with Crippen LogP contribution in [0.3, 0.4) is 0 Å². The third-order valence-corrected chi connectivity index (χ3v) is 3.77. The molecular formula is C15H25NO2. The fraction of sp³-hybridized carbons (Fsp3) is 0.800. The van der Waals surface area contributed by atoms with Gasteiger partial charge >= 0.3 is 6.09 Å². The van der Waals surface area contributed by atoms with Crippen LogP contribution in [0.2, 0.25) is 0 Å². The first-order valence-electron chi connectivity index (χ1n) is 7.00. The summed E-state index contributed by atoms with van der Waals surface area (Å²) in [7, 11) is 0. The predicted molar refractivity (Wildman–Crippen MR) is 72.4 cm³/mol. The van der Waals surface area contributed by atoms with Gasteiger partial charge in [0.05, 0.1) is 6.04 Å². The largest absolute Gasteiger partial charge is 0.444 e. The first-order chi connectivity index (χ1) is 8.28. The Kier molecular flexibility index (Phi) is 3.43. The molecule has 2 aliphatic heterocycles. The molecule has 2 atom stereocenters. The van der Waals surface area contributed by atoms with Gasteiger partial charge in [-0.05, 0) is 46.0 Å². The van der Waals surface area contributed by atoms with Crippen molar-refractivity contribution in [3.05, 3.63) is 11.6 Å². The van der Waals surface area contributed by atoms with Gasteiger partial charge in [0.1, 0.15) is 5.60 Å². The van der Waals surface area contributed by atoms with Crippen LogP contribution < -0.4 is 0 Å². The molecule has 3 nitrogen and oxygen atoms in total. The van der Waals surface area contributed by atoms with Gasteiger partial charge in [0, 0.05) is 6.04 Å². The van der Waals surface area contributed by atoms with Crippen molar-refractivity contribution in [2.45, 2.75) is 71.6 Å². The van der Waals surface area contributed by atoms with Crippen molar-refractivity contribution in [2.75, 3.05) is 0 Å². The van der Waals surface area contributed by atoms with Crippen LogP contribution in [0, 0.1) is 5.92 Å². The lowest BCUT2D eigenvalue weighted by molar-refractivity contribution is 0.0164. The van der Waals surface area contributed by atoms with E-state index in [9.17, 15) is 4.79 Å². The van der Waals surface area contributed by atoms with Crippen molar-refractivity contribution in [3.8, 4) is 0 Å². The molecule has 0 aromatic heterocycles. The number of ether oxygens (including phenoxy) is 1. The van der Waals surface area contributed by atoms with Gasteiger partial charge in [-0.1, -0.05) is 25.5 Å². The van der Waals surface area contributed by atoms with Crippen LogP contribution in [-0.4, -0.2) is 28.7 Å². The predicted octanol–water partition coefficient (Wildman–Crippen LogP) is 3.74. The van der Waals surface area contributed by atoms with Crippen LogP contribution in [0.4, 0.5) is 4.79 Å². The van der Waals surface area contributed by atoms with E-state index in [2.05, 4.69) is 19.9 Å². The number of nitrogens with zero attached hydrogens (tertiary/aromatic N) is 1. The number of hydrogen-bond donors (Lipinski definition) is 0. The van der Waals surface area contributed by atoms with Gasteiger partial charge in [-0.2, -0.15) is 0 Å². The van der Waals surface area contributed by atoms with Gasteiger partial charge < -0.3 is 4.74 Å². The molecule has 1 amide bonds. The van der Waals surface area contributed by atoms with E-state index in [0.29, 0.717) is 12.0 Å². The zero-order valence-electron chi connectivity index (χ0n) is 12.2. The maximum absolute atomic E-state index is 12.2. The molecule has 2 heterocycles. The minimum atomic E-state index is -0.404. The van der Waals surface area contributed by atoms with Gasteiger partial charge in [0.15, 0.2) is 0 Å². The molecule has 1 fully saturated rings. The third-order valence-electron chi connectivity index (χ3n) is 3.77. The maximum Gasteiger partial charge on any atom is 0.411 e. The normalized spacial score (nSPS) is 27.4. The Morgan fingerprint density at radius 1 is 1.39 bits per heavy atom. The molecule has 18 heavy (non-hydrogen) atoms. The average Bonchev–Trinajstić information content (AvgIpc) is 2.47. The van der Waals surface area contributed by atoms with E-state index in [1.165, 1.54) is 5.57 Å². The molecule has 0 spiro atoms. The summed E-state index contributed by atoms with van der Waals surface area (Å²) in [5.74, 6) is 0.592. The Morgan fingerprint density at radius 3 is 2.56 bits per heavy atom. The van der Waals surface area contributed by atoms with Crippen LogP contribution in [0.25, 0.3) is 0 Å². The van der Waals surface area contributed by atoms with Crippen molar-refractivity contribution in [1.82, 2.24) is 4.90 Å². The first kappa shape index (κ1) is 13.4. The van der Waals surface area contributed by atoms with Crippen LogP contribution in [0.15, 0.2) is 11.6 Å². The summed E-state index contributed by atoms with van der Waals surface area (Å²) in [6.07, 6.45) is 5.36. The fourth-order valence-electron chi connectivity index (χ4n) is 2.89. The monoisotopic (exact) mass is 251 g/mol. The minimum absolute atomic E-state index is 0.144. The highest BCUT2D eigenvalue weighted by Crippen LogP contribution is 2.37. The zero-order valence-corrected chi connectivity index (χ0v) is 12.2. The smallest absolute Gasteiger partial charge is 0.411 e. The molecule has 2 bridgehead atoms. The molecule has 102 valence electrons. The second kappa shape index (κ2) is 4.60. The van der Waals surface area contributed by atoms with Gasteiger partial charge in [0.2, 0.25) is 0 Å². The highest BCUT2D eigenvalue weighted by Gasteiger charge is 2.41. The number of fused-ring (bicyclic) bond motifs is 2. The molecule has 0 aromatic rings. The zero-order chi connectivity index (χ0) is 13.5. The quantitative estimate of drug-likeness (QED) is 0.664. The Balaban J connectivity index is 2.11. The molecule has 0 N–H and O–H groups in total. The van der Waals surface area contributed by atoms with E-state index in [1.54, 1.807) is 0 Å². The van der Waals surface area contributed by atoms with Crippen molar-refractivity contribution < 1.29 is 9.53 Å². The van der Waals surface area contributed by atoms with Gasteiger partial charge in [0.25, 0.3) is 0 Å². The molecule has 0 saturated carbocycles. The van der Waals surface area contributed by atoms with Crippen molar-refractivity contribution in [1.29, 1.82) is 0 Å². The number of carbonyl (C=O) groups is 1. The highest BCUT2D eigenvalue weighted by molar-refractivity contribution is 5.70. The molecule has 0 aliphatic carbocycles. The molecule has 2 aliphatic rings. The van der Waals surface area contributed by atoms with Crippen molar-refractivity contribution in [2.24, 2.45) is 5.92 Å². The second-order valence-corrected chi connectivity index (χ2v) is 6.79. The van der Waals surface area contributed by atoms with E-state index in [0.717, 1.165) is 19.3 Å². The summed E-state index contributed by atoms with van der Waals surface area (Å²) in [5.41, 5.74) is 1.10. The molecule has 2 rings (SSSR count). The van der Waals surface area contributed by atoms with Crippen LogP contribution in [0.5, 0.6) is 0 Å². The van der Waals surface area contributed by atoms with Crippen LogP contribution in [0.1, 0.15) is 53.9 Å². The Bertz CT molecular complexity index is 365. The fourth-order valence-corrected chi connectivity index (χ4v) is 2.89. The first-order valence-corrected chi connectivity index (χ1v) is 7.00. The summed E-state index contributed by atoms with van der Waals surface area (Å²) in [5, 5.41) is 0. The molecule has 0 aromatic carbocycles. The summed E-state index contributed by atoms with van der Waals surface area (Å²) in [4.78, 5) is 14.2. The number of hydrogen-bond acceptors (Lipinski definition) is 2. The third kappa shape index (κ3) is 2.70. The van der Waals surface area contributed by atoms with Crippen molar-refractivity contribution in [3.63, 3.8) is 0 Å². The second-order valence-electron chi connectivity index (χ2n) is 6.79. The Morgan fingerprint density at radius 2 is 2.06 bits per heavy atom. The number of rotatable bonds is 1. The summed E-state index contributed by atoms with van der Waals surface area (Å²) < 4.78 is 5.51. The van der Waals surface area contributed by atoms with Crippen LogP contribution in [-0.2, 0) is 4.74 Å². The van der Waals surface area contributed by atoms with E-state index < -0.39 is 5.60 Å². The SMILES string of the molecule is CC(C)C1=CC2CCC(C1)N2C(=O)OC(C)(C)C. The molecule has 0 radical (unpaired) electrons. The van der Waals surface area contributed by atoms with Gasteiger partial charge in [-0.3, -0.25) is 4.90 Å². The Hall–Kier alpha value is -0.990. The lowest BCUT2D eigenvalue weighted by Gasteiger charge is -2.36. The average molecular weight is 251 g/mol. The summed E-state index contributed by atoms with van der Waals surface area (Å²) in [6.45, 7) is 10.2. The molecule has 2 unspecified atom stereocenters. The minimum Gasteiger partial charge on any atom is -0.444 e. The summed E-state index contributed by atoms with van der Waals surface area (Å²) >= 11 is 0. The topological polar surface area (TPSA) is 29.5 Å². The molecule has 1 saturated heterocycles. The van der Waals surface area contributed by atoms with Crippen molar-refractivity contribution >= 4 is 6.09 Å². The van der Waals surface area contributed by atoms with Gasteiger partial charge in [-0.25, -0.2) is 4.79 Å². The number of amides is 1. The van der Waals surface area contributed by atoms with E-state index in [1.807, 2.05) is 25.7 Å². The highest BCUT2D eigenvalue weighted by atomic mass is 16.6. The van der Waals surface area contributed by atoms with E-state index in [4.69, 9.17) is 4.74 Å². The Labute approximate surface area is 110 Å². The maximum atomic E-state index is 12.2. The molecular weight excluding hydrogens is 226 g/mol. The van der Waals surface area contributed by atoms with E-state index >= 15 is 0 Å². The lowest BCUT2D eigenvalue weighted by Crippen LogP contribution is -2.46. The van der Waals surface area contributed by atoms with E-state index in [-0.39, 0.29) is 12.1 Å². The number of carbonyl (C=O) groups excluding carboxylic acids is 1. The summed E-state index contributed by atoms with van der Waals surface area (Å²) in [6, 6.07) is 0.614. The van der Waals surface area contributed by atoms with Gasteiger partial charge in [-0.15, -0.1) is 0 Å². The lowest BCUT2D eigenvalue weighted by atomic mass is 9.93. The van der Waals surface area contributed by atoms with Crippen LogP contribution >= 0.6 is 0 Å². The molecule has 3 heteroatoms. The standard InChI is InChI=1S/C15H25NO2/c1-10(2)11-8-12-6-7-13(9-11)16(12)14(17)18-15(3,4)5/h8,10,12-13H,6-7,9H2,1-5H3.